The normalized spacial score (nSPS) is 14.2. The van der Waals surface area contributed by atoms with Crippen LogP contribution in [-0.2, 0) is 5.54 Å². The largest absolute Gasteiger partial charge is 0.318 e. The molecule has 1 unspecified atom stereocenters. The standard InChI is InChI=1S/C15H14BrClFN/c1-9-3-6-14(18)12(7-9)15(2,19)11-5-4-10(16)8-13(11)17/h3-8H,19H2,1-2H3. The smallest absolute Gasteiger partial charge is 0.128 e. The van der Waals surface area contributed by atoms with Crippen molar-refractivity contribution in [3.63, 3.8) is 0 Å². The summed E-state index contributed by atoms with van der Waals surface area (Å²) in [5, 5.41) is 0.514. The summed E-state index contributed by atoms with van der Waals surface area (Å²) in [6, 6.07) is 10.3. The van der Waals surface area contributed by atoms with E-state index < -0.39 is 5.54 Å². The maximum atomic E-state index is 14.0. The zero-order chi connectivity index (χ0) is 14.2. The van der Waals surface area contributed by atoms with Gasteiger partial charge in [-0.2, -0.15) is 0 Å². The zero-order valence-corrected chi connectivity index (χ0v) is 13.0. The molecule has 1 atom stereocenters. The second-order valence-electron chi connectivity index (χ2n) is 4.81. The molecular formula is C15H14BrClFN. The summed E-state index contributed by atoms with van der Waals surface area (Å²) >= 11 is 9.57. The predicted octanol–water partition coefficient (Wildman–Crippen LogP) is 4.77. The minimum absolute atomic E-state index is 0.324. The van der Waals surface area contributed by atoms with Gasteiger partial charge in [0, 0.05) is 15.1 Å². The fourth-order valence-electron chi connectivity index (χ4n) is 2.09. The van der Waals surface area contributed by atoms with E-state index in [0.29, 0.717) is 16.1 Å². The van der Waals surface area contributed by atoms with Gasteiger partial charge in [0.05, 0.1) is 5.54 Å². The van der Waals surface area contributed by atoms with Crippen molar-refractivity contribution in [2.24, 2.45) is 5.73 Å². The van der Waals surface area contributed by atoms with E-state index in [4.69, 9.17) is 17.3 Å². The van der Waals surface area contributed by atoms with Gasteiger partial charge in [0.2, 0.25) is 0 Å². The first-order valence-electron chi connectivity index (χ1n) is 5.83. The third kappa shape index (κ3) is 2.83. The van der Waals surface area contributed by atoms with Crippen molar-refractivity contribution in [2.75, 3.05) is 0 Å². The second kappa shape index (κ2) is 5.23. The lowest BCUT2D eigenvalue weighted by Gasteiger charge is -2.28. The van der Waals surface area contributed by atoms with Gasteiger partial charge in [0.25, 0.3) is 0 Å². The van der Waals surface area contributed by atoms with Crippen LogP contribution in [0, 0.1) is 12.7 Å². The number of nitrogens with two attached hydrogens (primary N) is 1. The van der Waals surface area contributed by atoms with E-state index >= 15 is 0 Å². The van der Waals surface area contributed by atoms with E-state index in [1.54, 1.807) is 25.1 Å². The zero-order valence-electron chi connectivity index (χ0n) is 10.7. The molecule has 100 valence electrons. The van der Waals surface area contributed by atoms with Gasteiger partial charge < -0.3 is 5.73 Å². The first-order valence-corrected chi connectivity index (χ1v) is 7.00. The van der Waals surface area contributed by atoms with Crippen LogP contribution in [-0.4, -0.2) is 0 Å². The van der Waals surface area contributed by atoms with E-state index in [-0.39, 0.29) is 5.82 Å². The van der Waals surface area contributed by atoms with Crippen LogP contribution in [0.2, 0.25) is 5.02 Å². The lowest BCUT2D eigenvalue weighted by Crippen LogP contribution is -2.35. The molecule has 4 heteroatoms. The Morgan fingerprint density at radius 3 is 2.47 bits per heavy atom. The van der Waals surface area contributed by atoms with Gasteiger partial charge >= 0.3 is 0 Å². The van der Waals surface area contributed by atoms with E-state index in [9.17, 15) is 4.39 Å². The number of hydrogen-bond acceptors (Lipinski definition) is 1. The first kappa shape index (κ1) is 14.5. The molecule has 2 N–H and O–H groups in total. The minimum Gasteiger partial charge on any atom is -0.318 e. The molecule has 0 fully saturated rings. The quantitative estimate of drug-likeness (QED) is 0.835. The van der Waals surface area contributed by atoms with Crippen LogP contribution >= 0.6 is 27.5 Å². The Kier molecular flexibility index (Phi) is 4.00. The van der Waals surface area contributed by atoms with Crippen LogP contribution in [0.15, 0.2) is 40.9 Å². The van der Waals surface area contributed by atoms with Gasteiger partial charge in [-0.3, -0.25) is 0 Å². The average molecular weight is 343 g/mol. The van der Waals surface area contributed by atoms with E-state index in [1.807, 2.05) is 19.1 Å². The Labute approximate surface area is 125 Å². The molecule has 0 amide bonds. The van der Waals surface area contributed by atoms with Crippen LogP contribution in [0.5, 0.6) is 0 Å². The fourth-order valence-corrected chi connectivity index (χ4v) is 2.96. The first-order chi connectivity index (χ1) is 8.82. The molecule has 0 aliphatic heterocycles. The summed E-state index contributed by atoms with van der Waals surface area (Å²) in [5.41, 5.74) is 7.46. The van der Waals surface area contributed by atoms with Crippen LogP contribution in [0.4, 0.5) is 4.39 Å². The highest BCUT2D eigenvalue weighted by Gasteiger charge is 2.29. The Morgan fingerprint density at radius 2 is 1.84 bits per heavy atom. The minimum atomic E-state index is -0.978. The fraction of sp³-hybridized carbons (Fsp3) is 0.200. The summed E-state index contributed by atoms with van der Waals surface area (Å²) in [7, 11) is 0. The molecule has 0 bridgehead atoms. The van der Waals surface area contributed by atoms with E-state index in [0.717, 1.165) is 10.0 Å². The highest BCUT2D eigenvalue weighted by atomic mass is 79.9. The topological polar surface area (TPSA) is 26.0 Å². The lowest BCUT2D eigenvalue weighted by molar-refractivity contribution is 0.530. The lowest BCUT2D eigenvalue weighted by atomic mass is 9.84. The third-order valence-corrected chi connectivity index (χ3v) is 3.98. The molecular weight excluding hydrogens is 329 g/mol. The molecule has 0 aliphatic rings. The second-order valence-corrected chi connectivity index (χ2v) is 6.13. The molecule has 0 aliphatic carbocycles. The van der Waals surface area contributed by atoms with Crippen LogP contribution < -0.4 is 5.73 Å². The van der Waals surface area contributed by atoms with Crippen molar-refractivity contribution >= 4 is 27.5 Å². The Bertz CT molecular complexity index is 626. The van der Waals surface area contributed by atoms with Crippen molar-refractivity contribution in [3.05, 3.63) is 68.4 Å². The third-order valence-electron chi connectivity index (χ3n) is 3.17. The summed E-state index contributed by atoms with van der Waals surface area (Å²) < 4.78 is 14.9. The number of benzene rings is 2. The molecule has 2 aromatic carbocycles. The molecule has 0 saturated carbocycles. The maximum absolute atomic E-state index is 14.0. The number of hydrogen-bond donors (Lipinski definition) is 1. The van der Waals surface area contributed by atoms with Crippen molar-refractivity contribution < 1.29 is 4.39 Å². The van der Waals surface area contributed by atoms with Crippen molar-refractivity contribution in [1.82, 2.24) is 0 Å². The summed E-state index contributed by atoms with van der Waals surface area (Å²) in [4.78, 5) is 0. The van der Waals surface area contributed by atoms with Gasteiger partial charge in [-0.1, -0.05) is 51.3 Å². The van der Waals surface area contributed by atoms with E-state index in [1.165, 1.54) is 6.07 Å². The number of halogens is 3. The molecule has 2 aromatic rings. The van der Waals surface area contributed by atoms with Gasteiger partial charge in [-0.25, -0.2) is 4.39 Å². The molecule has 0 saturated heterocycles. The van der Waals surface area contributed by atoms with Gasteiger partial charge in [0.1, 0.15) is 5.82 Å². The monoisotopic (exact) mass is 341 g/mol. The highest BCUT2D eigenvalue weighted by molar-refractivity contribution is 9.10. The highest BCUT2D eigenvalue weighted by Crippen LogP contribution is 2.35. The summed E-state index contributed by atoms with van der Waals surface area (Å²) in [5.74, 6) is -0.324. The molecule has 1 nitrogen and oxygen atoms in total. The summed E-state index contributed by atoms with van der Waals surface area (Å²) in [6.45, 7) is 3.67. The van der Waals surface area contributed by atoms with Gasteiger partial charge in [-0.15, -0.1) is 0 Å². The Morgan fingerprint density at radius 1 is 1.16 bits per heavy atom. The average Bonchev–Trinajstić information content (AvgIpc) is 2.31. The number of rotatable bonds is 2. The molecule has 0 heterocycles. The SMILES string of the molecule is Cc1ccc(F)c(C(C)(N)c2ccc(Br)cc2Cl)c1. The molecule has 2 rings (SSSR count). The Balaban J connectivity index is 2.61. The van der Waals surface area contributed by atoms with Crippen molar-refractivity contribution in [3.8, 4) is 0 Å². The van der Waals surface area contributed by atoms with E-state index in [2.05, 4.69) is 15.9 Å². The van der Waals surface area contributed by atoms with Crippen LogP contribution in [0.1, 0.15) is 23.6 Å². The molecule has 19 heavy (non-hydrogen) atoms. The van der Waals surface area contributed by atoms with Crippen molar-refractivity contribution in [1.29, 1.82) is 0 Å². The van der Waals surface area contributed by atoms with Gasteiger partial charge in [-0.05, 0) is 37.6 Å². The summed E-state index contributed by atoms with van der Waals surface area (Å²) in [6.07, 6.45) is 0. The van der Waals surface area contributed by atoms with Crippen molar-refractivity contribution in [2.45, 2.75) is 19.4 Å². The van der Waals surface area contributed by atoms with Crippen LogP contribution in [0.3, 0.4) is 0 Å². The molecule has 0 aromatic heterocycles. The molecule has 0 spiro atoms. The number of aryl methyl sites for hydroxylation is 1. The van der Waals surface area contributed by atoms with Crippen LogP contribution in [0.25, 0.3) is 0 Å². The molecule has 0 radical (unpaired) electrons. The Hall–Kier alpha value is -0.900. The van der Waals surface area contributed by atoms with Gasteiger partial charge in [0.15, 0.2) is 0 Å². The maximum Gasteiger partial charge on any atom is 0.128 e. The predicted molar refractivity (Wildman–Crippen MR) is 80.9 cm³/mol.